The van der Waals surface area contributed by atoms with Gasteiger partial charge < -0.3 is 10.0 Å². The third kappa shape index (κ3) is 2.58. The van der Waals surface area contributed by atoms with Gasteiger partial charge in [0.25, 0.3) is 5.91 Å². The molecule has 0 atom stereocenters. The van der Waals surface area contributed by atoms with Gasteiger partial charge in [0.05, 0.1) is 10.9 Å². The first-order valence-electron chi connectivity index (χ1n) is 8.01. The molecular weight excluding hydrogens is 329 g/mol. The van der Waals surface area contributed by atoms with Gasteiger partial charge in [-0.1, -0.05) is 24.2 Å². The molecule has 1 N–H and O–H groups in total. The van der Waals surface area contributed by atoms with Crippen LogP contribution in [0.2, 0.25) is 0 Å². The van der Waals surface area contributed by atoms with Crippen molar-refractivity contribution in [3.05, 3.63) is 39.5 Å². The van der Waals surface area contributed by atoms with Gasteiger partial charge in [0.15, 0.2) is 5.13 Å². The topological polar surface area (TPSA) is 65.8 Å². The van der Waals surface area contributed by atoms with Crippen LogP contribution in [-0.2, 0) is 4.79 Å². The fourth-order valence-electron chi connectivity index (χ4n) is 3.17. The van der Waals surface area contributed by atoms with Gasteiger partial charge in [-0.2, -0.15) is 4.98 Å². The van der Waals surface area contributed by atoms with Crippen molar-refractivity contribution in [2.75, 3.05) is 18.0 Å². The summed E-state index contributed by atoms with van der Waals surface area (Å²) in [6.07, 6.45) is 4.58. The quantitative estimate of drug-likeness (QED) is 0.900. The van der Waals surface area contributed by atoms with Gasteiger partial charge in [-0.3, -0.25) is 4.79 Å². The zero-order valence-corrected chi connectivity index (χ0v) is 13.8. The summed E-state index contributed by atoms with van der Waals surface area (Å²) in [7, 11) is 0. The van der Waals surface area contributed by atoms with Gasteiger partial charge in [-0.15, -0.1) is 0 Å². The first-order valence-corrected chi connectivity index (χ1v) is 8.83. The second-order valence-corrected chi connectivity index (χ2v) is 6.98. The number of anilines is 1. The van der Waals surface area contributed by atoms with Gasteiger partial charge in [0.2, 0.25) is 5.88 Å². The van der Waals surface area contributed by atoms with Crippen LogP contribution in [0.3, 0.4) is 0 Å². The number of thiazole rings is 1. The van der Waals surface area contributed by atoms with E-state index >= 15 is 0 Å². The maximum absolute atomic E-state index is 13.6. The van der Waals surface area contributed by atoms with Crippen molar-refractivity contribution in [1.29, 1.82) is 0 Å². The molecule has 1 fully saturated rings. The SMILES string of the molecule is O=C1N=c2ccc(F)cc2=C1c1sc(N2CCCCCC2)nc1O. The van der Waals surface area contributed by atoms with Gasteiger partial charge >= 0.3 is 0 Å². The van der Waals surface area contributed by atoms with Crippen molar-refractivity contribution in [2.24, 2.45) is 4.99 Å². The van der Waals surface area contributed by atoms with E-state index in [0.29, 0.717) is 20.6 Å². The first kappa shape index (κ1) is 15.3. The number of aromatic nitrogens is 1. The van der Waals surface area contributed by atoms with Gasteiger partial charge in [-0.25, -0.2) is 9.38 Å². The average Bonchev–Trinajstić information content (AvgIpc) is 2.93. The largest absolute Gasteiger partial charge is 0.492 e. The van der Waals surface area contributed by atoms with E-state index in [-0.39, 0.29) is 11.5 Å². The molecule has 5 nitrogen and oxygen atoms in total. The fraction of sp³-hybridized carbons (Fsp3) is 0.353. The Balaban J connectivity index is 1.81. The summed E-state index contributed by atoms with van der Waals surface area (Å²) in [4.78, 5) is 23.0. The highest BCUT2D eigenvalue weighted by atomic mass is 32.1. The lowest BCUT2D eigenvalue weighted by atomic mass is 10.1. The van der Waals surface area contributed by atoms with Crippen LogP contribution < -0.4 is 15.5 Å². The Morgan fingerprint density at radius 1 is 1.17 bits per heavy atom. The molecule has 0 unspecified atom stereocenters. The summed E-state index contributed by atoms with van der Waals surface area (Å²) < 4.78 is 13.6. The van der Waals surface area contributed by atoms with Crippen LogP contribution in [0, 0.1) is 5.82 Å². The van der Waals surface area contributed by atoms with E-state index in [1.165, 1.54) is 42.4 Å². The van der Waals surface area contributed by atoms with Gasteiger partial charge in [0, 0.05) is 18.3 Å². The highest BCUT2D eigenvalue weighted by Crippen LogP contribution is 2.36. The minimum absolute atomic E-state index is 0.185. The van der Waals surface area contributed by atoms with E-state index < -0.39 is 11.7 Å². The molecule has 7 heteroatoms. The second-order valence-electron chi connectivity index (χ2n) is 6.00. The molecule has 1 saturated heterocycles. The highest BCUT2D eigenvalue weighted by molar-refractivity contribution is 7.17. The standard InChI is InChI=1S/C17H16FN3O2S/c18-10-5-6-12-11(9-10)13(15(22)19-12)14-16(23)20-17(24-14)21-7-3-1-2-4-8-21/h5-6,9,23H,1-4,7-8H2. The Labute approximate surface area is 141 Å². The molecule has 0 bridgehead atoms. The van der Waals surface area contributed by atoms with E-state index in [2.05, 4.69) is 14.9 Å². The summed E-state index contributed by atoms with van der Waals surface area (Å²) >= 11 is 1.27. The maximum atomic E-state index is 13.6. The van der Waals surface area contributed by atoms with Crippen molar-refractivity contribution in [1.82, 2.24) is 4.98 Å². The number of amides is 1. The highest BCUT2D eigenvalue weighted by Gasteiger charge is 2.26. The van der Waals surface area contributed by atoms with Crippen LogP contribution in [-0.4, -0.2) is 29.1 Å². The summed E-state index contributed by atoms with van der Waals surface area (Å²) in [5.41, 5.74) is 0.237. The van der Waals surface area contributed by atoms with Gasteiger partial charge in [-0.05, 0) is 31.0 Å². The number of fused-ring (bicyclic) bond motifs is 1. The first-order chi connectivity index (χ1) is 11.6. The number of benzene rings is 1. The number of hydrogen-bond donors (Lipinski definition) is 1. The third-order valence-electron chi connectivity index (χ3n) is 4.37. The minimum Gasteiger partial charge on any atom is -0.492 e. The minimum atomic E-state index is -0.461. The van der Waals surface area contributed by atoms with Crippen LogP contribution >= 0.6 is 11.3 Å². The van der Waals surface area contributed by atoms with E-state index in [9.17, 15) is 14.3 Å². The summed E-state index contributed by atoms with van der Waals surface area (Å²) in [6.45, 7) is 1.79. The molecule has 0 radical (unpaired) electrons. The molecule has 124 valence electrons. The number of rotatable bonds is 2. The van der Waals surface area contributed by atoms with Crippen LogP contribution in [0.4, 0.5) is 9.52 Å². The Kier molecular flexibility index (Phi) is 3.80. The lowest BCUT2D eigenvalue weighted by Crippen LogP contribution is -2.23. The molecule has 2 aliphatic heterocycles. The molecule has 0 spiro atoms. The van der Waals surface area contributed by atoms with Crippen LogP contribution in [0.15, 0.2) is 23.2 Å². The Hall–Kier alpha value is -2.28. The van der Waals surface area contributed by atoms with Crippen LogP contribution in [0.25, 0.3) is 5.57 Å². The molecule has 0 aliphatic carbocycles. The molecule has 4 rings (SSSR count). The Bertz CT molecular complexity index is 930. The number of carbonyl (C=O) groups excluding carboxylic acids is 1. The Morgan fingerprint density at radius 3 is 2.67 bits per heavy atom. The normalized spacial score (nSPS) is 17.6. The zero-order valence-electron chi connectivity index (χ0n) is 13.0. The van der Waals surface area contributed by atoms with Crippen LogP contribution in [0.1, 0.15) is 30.6 Å². The van der Waals surface area contributed by atoms with Crippen molar-refractivity contribution in [2.45, 2.75) is 25.7 Å². The molecule has 2 aliphatic rings. The summed E-state index contributed by atoms with van der Waals surface area (Å²) in [5, 5.41) is 11.8. The smallest absolute Gasteiger partial charge is 0.279 e. The van der Waals surface area contributed by atoms with Crippen molar-refractivity contribution in [3.8, 4) is 5.88 Å². The van der Waals surface area contributed by atoms with Crippen molar-refractivity contribution in [3.63, 3.8) is 0 Å². The number of nitrogens with zero attached hydrogens (tertiary/aromatic N) is 3. The molecule has 24 heavy (non-hydrogen) atoms. The molecule has 1 aromatic carbocycles. The van der Waals surface area contributed by atoms with Gasteiger partial charge in [0.1, 0.15) is 10.7 Å². The van der Waals surface area contributed by atoms with Crippen molar-refractivity contribution >= 4 is 27.9 Å². The summed E-state index contributed by atoms with van der Waals surface area (Å²) in [5.74, 6) is -1.08. The molecular formula is C17H16FN3O2S. The molecule has 3 heterocycles. The molecule has 1 aromatic heterocycles. The second kappa shape index (κ2) is 5.98. The molecule has 1 amide bonds. The van der Waals surface area contributed by atoms with E-state index in [0.717, 1.165) is 25.9 Å². The maximum Gasteiger partial charge on any atom is 0.279 e. The number of aromatic hydroxyl groups is 1. The van der Waals surface area contributed by atoms with E-state index in [4.69, 9.17) is 0 Å². The number of carbonyl (C=O) groups is 1. The Morgan fingerprint density at radius 2 is 1.92 bits per heavy atom. The lowest BCUT2D eigenvalue weighted by Gasteiger charge is -2.18. The third-order valence-corrected chi connectivity index (χ3v) is 5.49. The predicted octanol–water partition coefficient (Wildman–Crippen LogP) is 1.73. The zero-order chi connectivity index (χ0) is 16.7. The van der Waals surface area contributed by atoms with Crippen LogP contribution in [0.5, 0.6) is 5.88 Å². The molecule has 0 saturated carbocycles. The lowest BCUT2D eigenvalue weighted by molar-refractivity contribution is -0.112. The average molecular weight is 345 g/mol. The molecule has 2 aromatic rings. The number of halogens is 1. The summed E-state index contributed by atoms with van der Waals surface area (Å²) in [6, 6.07) is 4.03. The van der Waals surface area contributed by atoms with E-state index in [1.54, 1.807) is 0 Å². The number of hydrogen-bond acceptors (Lipinski definition) is 5. The predicted molar refractivity (Wildman–Crippen MR) is 89.2 cm³/mol. The monoisotopic (exact) mass is 345 g/mol. The van der Waals surface area contributed by atoms with Crippen molar-refractivity contribution < 1.29 is 14.3 Å². The van der Waals surface area contributed by atoms with E-state index in [1.807, 2.05) is 0 Å². The fourth-order valence-corrected chi connectivity index (χ4v) is 4.23.